The highest BCUT2D eigenvalue weighted by molar-refractivity contribution is 5.68. The van der Waals surface area contributed by atoms with Crippen LogP contribution in [-0.4, -0.2) is 22.7 Å². The van der Waals surface area contributed by atoms with E-state index in [1.165, 1.54) is 0 Å². The second-order valence-electron chi connectivity index (χ2n) is 6.46. The summed E-state index contributed by atoms with van der Waals surface area (Å²) < 4.78 is 5.32. The number of alkyl carbamates (subject to hydrolysis) is 1. The van der Waals surface area contributed by atoms with Gasteiger partial charge < -0.3 is 10.1 Å². The fraction of sp³-hybridized carbons (Fsp3) is 0.625. The highest BCUT2D eigenvalue weighted by atomic mass is 16.6. The minimum absolute atomic E-state index is 0.186. The summed E-state index contributed by atoms with van der Waals surface area (Å²) in [4.78, 5) is 16.3. The molecule has 1 aliphatic carbocycles. The second-order valence-corrected chi connectivity index (χ2v) is 6.46. The number of carbonyl (C=O) groups is 1. The predicted molar refractivity (Wildman–Crippen MR) is 78.6 cm³/mol. The summed E-state index contributed by atoms with van der Waals surface area (Å²) in [5.74, 6) is 0.435. The largest absolute Gasteiger partial charge is 0.444 e. The standard InChI is InChI=1S/C16H24N2O2/c1-16(2,3)20-15(19)18-13-8-6-7-12(11-13)14-9-4-5-10-17-14/h4-5,9-10,12-13H,6-8,11H2,1-3H3,(H,18,19)/t12-,13+/m0/s1. The average Bonchev–Trinajstić information content (AvgIpc) is 2.38. The Kier molecular flexibility index (Phi) is 4.63. The maximum atomic E-state index is 11.8. The van der Waals surface area contributed by atoms with Gasteiger partial charge in [-0.3, -0.25) is 4.98 Å². The minimum atomic E-state index is -0.445. The van der Waals surface area contributed by atoms with E-state index in [0.717, 1.165) is 31.4 Å². The first-order chi connectivity index (χ1) is 9.44. The minimum Gasteiger partial charge on any atom is -0.444 e. The van der Waals surface area contributed by atoms with Gasteiger partial charge in [0.25, 0.3) is 0 Å². The molecule has 2 atom stereocenters. The number of hydrogen-bond donors (Lipinski definition) is 1. The van der Waals surface area contributed by atoms with Crippen molar-refractivity contribution in [2.75, 3.05) is 0 Å². The van der Waals surface area contributed by atoms with Gasteiger partial charge in [-0.15, -0.1) is 0 Å². The molecule has 20 heavy (non-hydrogen) atoms. The number of hydrogen-bond acceptors (Lipinski definition) is 3. The first-order valence-electron chi connectivity index (χ1n) is 7.34. The Hall–Kier alpha value is -1.58. The molecule has 4 heteroatoms. The van der Waals surface area contributed by atoms with E-state index in [9.17, 15) is 4.79 Å². The first kappa shape index (κ1) is 14.8. The van der Waals surface area contributed by atoms with Crippen molar-refractivity contribution < 1.29 is 9.53 Å². The van der Waals surface area contributed by atoms with Gasteiger partial charge in [0.1, 0.15) is 5.60 Å². The molecule has 0 spiro atoms. The van der Waals surface area contributed by atoms with Gasteiger partial charge in [0.15, 0.2) is 0 Å². The zero-order valence-corrected chi connectivity index (χ0v) is 12.6. The van der Waals surface area contributed by atoms with Crippen LogP contribution in [0.1, 0.15) is 58.1 Å². The Labute approximate surface area is 120 Å². The monoisotopic (exact) mass is 276 g/mol. The van der Waals surface area contributed by atoms with Crippen LogP contribution in [0.3, 0.4) is 0 Å². The van der Waals surface area contributed by atoms with Gasteiger partial charge in [-0.05, 0) is 52.2 Å². The van der Waals surface area contributed by atoms with Gasteiger partial charge in [0.2, 0.25) is 0 Å². The van der Waals surface area contributed by atoms with Crippen LogP contribution in [0.15, 0.2) is 24.4 Å². The SMILES string of the molecule is CC(C)(C)OC(=O)N[C@@H]1CCC[C@H](c2ccccn2)C1. The summed E-state index contributed by atoms with van der Waals surface area (Å²) in [6.07, 6.45) is 5.73. The molecular weight excluding hydrogens is 252 g/mol. The van der Waals surface area contributed by atoms with Gasteiger partial charge in [0, 0.05) is 23.9 Å². The Morgan fingerprint density at radius 3 is 2.80 bits per heavy atom. The van der Waals surface area contributed by atoms with E-state index in [-0.39, 0.29) is 12.1 Å². The maximum Gasteiger partial charge on any atom is 0.407 e. The van der Waals surface area contributed by atoms with Crippen LogP contribution in [0.4, 0.5) is 4.79 Å². The molecule has 4 nitrogen and oxygen atoms in total. The number of carbonyl (C=O) groups excluding carboxylic acids is 1. The number of rotatable bonds is 2. The lowest BCUT2D eigenvalue weighted by atomic mass is 9.83. The summed E-state index contributed by atoms with van der Waals surface area (Å²) in [7, 11) is 0. The molecular formula is C16H24N2O2. The third-order valence-corrected chi connectivity index (χ3v) is 3.50. The molecule has 110 valence electrons. The summed E-state index contributed by atoms with van der Waals surface area (Å²) in [5.41, 5.74) is 0.683. The lowest BCUT2D eigenvalue weighted by Gasteiger charge is -2.30. The van der Waals surface area contributed by atoms with Crippen molar-refractivity contribution in [2.45, 2.75) is 64.0 Å². The zero-order valence-electron chi connectivity index (χ0n) is 12.6. The molecule has 0 unspecified atom stereocenters. The summed E-state index contributed by atoms with van der Waals surface area (Å²) in [6, 6.07) is 6.21. The topological polar surface area (TPSA) is 51.2 Å². The Morgan fingerprint density at radius 1 is 1.35 bits per heavy atom. The smallest absolute Gasteiger partial charge is 0.407 e. The molecule has 1 heterocycles. The van der Waals surface area contributed by atoms with E-state index >= 15 is 0 Å². The maximum absolute atomic E-state index is 11.8. The molecule has 0 radical (unpaired) electrons. The highest BCUT2D eigenvalue weighted by Crippen LogP contribution is 2.31. The number of pyridine rings is 1. The molecule has 1 saturated carbocycles. The van der Waals surface area contributed by atoms with Crippen LogP contribution in [0.5, 0.6) is 0 Å². The van der Waals surface area contributed by atoms with Crippen molar-refractivity contribution >= 4 is 6.09 Å². The third kappa shape index (κ3) is 4.51. The van der Waals surface area contributed by atoms with E-state index in [0.29, 0.717) is 5.92 Å². The van der Waals surface area contributed by atoms with Crippen LogP contribution in [0, 0.1) is 0 Å². The molecule has 0 aliphatic heterocycles. The Balaban J connectivity index is 1.89. The van der Waals surface area contributed by atoms with Gasteiger partial charge in [-0.2, -0.15) is 0 Å². The van der Waals surface area contributed by atoms with Crippen molar-refractivity contribution in [1.82, 2.24) is 10.3 Å². The van der Waals surface area contributed by atoms with Crippen molar-refractivity contribution in [1.29, 1.82) is 0 Å². The lowest BCUT2D eigenvalue weighted by Crippen LogP contribution is -2.41. The van der Waals surface area contributed by atoms with Crippen LogP contribution in [-0.2, 0) is 4.74 Å². The van der Waals surface area contributed by atoms with Crippen LogP contribution in [0.2, 0.25) is 0 Å². The summed E-state index contributed by atoms with van der Waals surface area (Å²) in [6.45, 7) is 5.64. The van der Waals surface area contributed by atoms with Crippen LogP contribution >= 0.6 is 0 Å². The van der Waals surface area contributed by atoms with Crippen LogP contribution in [0.25, 0.3) is 0 Å². The molecule has 1 N–H and O–H groups in total. The van der Waals surface area contributed by atoms with Crippen molar-refractivity contribution in [3.8, 4) is 0 Å². The second kappa shape index (κ2) is 6.25. The molecule has 0 saturated heterocycles. The first-order valence-corrected chi connectivity index (χ1v) is 7.34. The van der Waals surface area contributed by atoms with E-state index in [2.05, 4.69) is 16.4 Å². The van der Waals surface area contributed by atoms with E-state index in [1.54, 1.807) is 0 Å². The van der Waals surface area contributed by atoms with E-state index in [4.69, 9.17) is 4.74 Å². The molecule has 1 aromatic heterocycles. The van der Waals surface area contributed by atoms with Gasteiger partial charge in [-0.25, -0.2) is 4.79 Å². The fourth-order valence-electron chi connectivity index (χ4n) is 2.68. The molecule has 1 aromatic rings. The molecule has 1 amide bonds. The highest BCUT2D eigenvalue weighted by Gasteiger charge is 2.26. The Morgan fingerprint density at radius 2 is 2.15 bits per heavy atom. The summed E-state index contributed by atoms with van der Waals surface area (Å²) in [5, 5.41) is 2.99. The number of ether oxygens (including phenoxy) is 1. The molecule has 1 aliphatic rings. The number of amides is 1. The lowest BCUT2D eigenvalue weighted by molar-refractivity contribution is 0.0490. The van der Waals surface area contributed by atoms with Gasteiger partial charge in [0.05, 0.1) is 0 Å². The van der Waals surface area contributed by atoms with E-state index in [1.807, 2.05) is 39.1 Å². The van der Waals surface area contributed by atoms with Crippen molar-refractivity contribution in [3.63, 3.8) is 0 Å². The molecule has 1 fully saturated rings. The number of nitrogens with zero attached hydrogens (tertiary/aromatic N) is 1. The van der Waals surface area contributed by atoms with Crippen molar-refractivity contribution in [3.05, 3.63) is 30.1 Å². The average molecular weight is 276 g/mol. The zero-order chi connectivity index (χ0) is 14.6. The number of nitrogens with one attached hydrogen (secondary N) is 1. The van der Waals surface area contributed by atoms with Crippen LogP contribution < -0.4 is 5.32 Å². The fourth-order valence-corrected chi connectivity index (χ4v) is 2.68. The van der Waals surface area contributed by atoms with Gasteiger partial charge >= 0.3 is 6.09 Å². The third-order valence-electron chi connectivity index (χ3n) is 3.50. The Bertz CT molecular complexity index is 440. The normalized spacial score (nSPS) is 23.1. The van der Waals surface area contributed by atoms with Gasteiger partial charge in [-0.1, -0.05) is 12.5 Å². The quantitative estimate of drug-likeness (QED) is 0.897. The number of aromatic nitrogens is 1. The molecule has 0 aromatic carbocycles. The molecule has 2 rings (SSSR count). The predicted octanol–water partition coefficient (Wildman–Crippen LogP) is 3.63. The van der Waals surface area contributed by atoms with Crippen molar-refractivity contribution in [2.24, 2.45) is 0 Å². The molecule has 0 bridgehead atoms. The summed E-state index contributed by atoms with van der Waals surface area (Å²) >= 11 is 0. The van der Waals surface area contributed by atoms with E-state index < -0.39 is 5.60 Å².